The number of benzene rings is 1. The first-order chi connectivity index (χ1) is 9.72. The van der Waals surface area contributed by atoms with Gasteiger partial charge in [-0.1, -0.05) is 19.1 Å². The van der Waals surface area contributed by atoms with Crippen molar-refractivity contribution in [3.8, 4) is 5.75 Å². The predicted molar refractivity (Wildman–Crippen MR) is 81.1 cm³/mol. The third-order valence-electron chi connectivity index (χ3n) is 3.27. The molecule has 0 aliphatic carbocycles. The molecule has 1 aromatic carbocycles. The van der Waals surface area contributed by atoms with Crippen LogP contribution in [0.5, 0.6) is 5.75 Å². The average molecular weight is 273 g/mol. The molecule has 0 saturated heterocycles. The molecule has 0 unspecified atom stereocenters. The molecule has 4 heteroatoms. The second kappa shape index (κ2) is 7.10. The van der Waals surface area contributed by atoms with Crippen LogP contribution >= 0.6 is 0 Å². The van der Waals surface area contributed by atoms with Crippen LogP contribution in [0.25, 0.3) is 0 Å². The summed E-state index contributed by atoms with van der Waals surface area (Å²) in [4.78, 5) is 0. The molecule has 2 rings (SSSR count). The predicted octanol–water partition coefficient (Wildman–Crippen LogP) is 2.75. The summed E-state index contributed by atoms with van der Waals surface area (Å²) in [5.74, 6) is 0.885. The smallest absolute Gasteiger partial charge is 0.119 e. The van der Waals surface area contributed by atoms with Gasteiger partial charge in [-0.05, 0) is 37.6 Å². The summed E-state index contributed by atoms with van der Waals surface area (Å²) in [6, 6.07) is 8.10. The van der Waals surface area contributed by atoms with Gasteiger partial charge in [-0.3, -0.25) is 4.68 Å². The zero-order valence-corrected chi connectivity index (χ0v) is 12.5. The quantitative estimate of drug-likeness (QED) is 0.788. The zero-order valence-electron chi connectivity index (χ0n) is 12.5. The second-order valence-corrected chi connectivity index (χ2v) is 4.97. The number of hydrogen-bond donors (Lipinski definition) is 1. The fraction of sp³-hybridized carbons (Fsp3) is 0.438. The van der Waals surface area contributed by atoms with Crippen molar-refractivity contribution in [1.29, 1.82) is 0 Å². The first kappa shape index (κ1) is 14.6. The maximum atomic E-state index is 5.25. The van der Waals surface area contributed by atoms with Gasteiger partial charge in [0.1, 0.15) is 5.75 Å². The number of aromatic nitrogens is 2. The number of nitrogens with one attached hydrogen (secondary N) is 1. The Morgan fingerprint density at radius 2 is 2.20 bits per heavy atom. The van der Waals surface area contributed by atoms with E-state index in [4.69, 9.17) is 4.74 Å². The van der Waals surface area contributed by atoms with Crippen molar-refractivity contribution in [2.45, 2.75) is 33.4 Å². The molecule has 108 valence electrons. The van der Waals surface area contributed by atoms with Crippen LogP contribution in [0.4, 0.5) is 0 Å². The lowest BCUT2D eigenvalue weighted by molar-refractivity contribution is 0.414. The van der Waals surface area contributed by atoms with Gasteiger partial charge in [0.25, 0.3) is 0 Å². The third-order valence-corrected chi connectivity index (χ3v) is 3.27. The summed E-state index contributed by atoms with van der Waals surface area (Å²) >= 11 is 0. The van der Waals surface area contributed by atoms with E-state index in [1.165, 1.54) is 11.1 Å². The van der Waals surface area contributed by atoms with Gasteiger partial charge < -0.3 is 10.1 Å². The topological polar surface area (TPSA) is 39.1 Å². The Labute approximate surface area is 120 Å². The lowest BCUT2D eigenvalue weighted by atomic mass is 10.2. The van der Waals surface area contributed by atoms with Crippen molar-refractivity contribution in [1.82, 2.24) is 15.1 Å². The van der Waals surface area contributed by atoms with Gasteiger partial charge in [0, 0.05) is 18.3 Å². The van der Waals surface area contributed by atoms with Crippen molar-refractivity contribution < 1.29 is 4.74 Å². The van der Waals surface area contributed by atoms with Crippen LogP contribution in [0, 0.1) is 6.92 Å². The molecule has 0 fully saturated rings. The first-order valence-corrected chi connectivity index (χ1v) is 7.09. The monoisotopic (exact) mass is 273 g/mol. The van der Waals surface area contributed by atoms with Gasteiger partial charge in [-0.15, -0.1) is 0 Å². The van der Waals surface area contributed by atoms with Crippen molar-refractivity contribution in [2.24, 2.45) is 0 Å². The maximum Gasteiger partial charge on any atom is 0.119 e. The number of hydrogen-bond acceptors (Lipinski definition) is 3. The number of ether oxygens (including phenoxy) is 1. The van der Waals surface area contributed by atoms with Crippen LogP contribution in [-0.2, 0) is 13.1 Å². The maximum absolute atomic E-state index is 5.25. The average Bonchev–Trinajstić information content (AvgIpc) is 2.79. The summed E-state index contributed by atoms with van der Waals surface area (Å²) in [6.07, 6.45) is 3.27. The Morgan fingerprint density at radius 1 is 1.35 bits per heavy atom. The van der Waals surface area contributed by atoms with Crippen molar-refractivity contribution in [3.63, 3.8) is 0 Å². The summed E-state index contributed by atoms with van der Waals surface area (Å²) in [6.45, 7) is 6.93. The molecule has 2 aromatic rings. The number of nitrogens with zero attached hydrogens (tertiary/aromatic N) is 2. The molecule has 1 heterocycles. The van der Waals surface area contributed by atoms with E-state index in [2.05, 4.69) is 36.5 Å². The van der Waals surface area contributed by atoms with E-state index in [1.54, 1.807) is 7.11 Å². The first-order valence-electron chi connectivity index (χ1n) is 7.09. The van der Waals surface area contributed by atoms with Crippen LogP contribution in [0.15, 0.2) is 30.5 Å². The molecule has 4 nitrogen and oxygen atoms in total. The molecule has 0 aliphatic rings. The lowest BCUT2D eigenvalue weighted by Crippen LogP contribution is -2.13. The molecule has 1 N–H and O–H groups in total. The van der Waals surface area contributed by atoms with E-state index in [0.29, 0.717) is 0 Å². The van der Waals surface area contributed by atoms with E-state index in [9.17, 15) is 0 Å². The largest absolute Gasteiger partial charge is 0.497 e. The molecule has 0 radical (unpaired) electrons. The molecule has 0 bridgehead atoms. The minimum absolute atomic E-state index is 0.770. The molecule has 0 atom stereocenters. The van der Waals surface area contributed by atoms with E-state index < -0.39 is 0 Å². The summed E-state index contributed by atoms with van der Waals surface area (Å²) in [5, 5.41) is 7.99. The summed E-state index contributed by atoms with van der Waals surface area (Å²) in [5.41, 5.74) is 3.55. The molecule has 20 heavy (non-hydrogen) atoms. The van der Waals surface area contributed by atoms with Gasteiger partial charge in [-0.25, -0.2) is 0 Å². The van der Waals surface area contributed by atoms with Crippen LogP contribution in [0.2, 0.25) is 0 Å². The fourth-order valence-electron chi connectivity index (χ4n) is 2.17. The summed E-state index contributed by atoms with van der Waals surface area (Å²) in [7, 11) is 1.69. The van der Waals surface area contributed by atoms with Crippen LogP contribution in [0.1, 0.15) is 30.2 Å². The van der Waals surface area contributed by atoms with Crippen LogP contribution < -0.4 is 10.1 Å². The Hall–Kier alpha value is -1.81. The van der Waals surface area contributed by atoms with Gasteiger partial charge in [0.05, 0.1) is 19.3 Å². The minimum atomic E-state index is 0.770. The van der Waals surface area contributed by atoms with Gasteiger partial charge in [0.2, 0.25) is 0 Å². The SMILES string of the molecule is CCCNCc1cn(Cc2cccc(OC)c2)nc1C. The standard InChI is InChI=1S/C16H23N3O/c1-4-8-17-10-15-12-19(18-13(15)2)11-14-6-5-7-16(9-14)20-3/h5-7,9,12,17H,4,8,10-11H2,1-3H3. The van der Waals surface area contributed by atoms with Crippen molar-refractivity contribution in [3.05, 3.63) is 47.3 Å². The van der Waals surface area contributed by atoms with E-state index in [0.717, 1.165) is 37.5 Å². The molecule has 0 spiro atoms. The Kier molecular flexibility index (Phi) is 5.18. The molecular formula is C16H23N3O. The molecular weight excluding hydrogens is 250 g/mol. The molecule has 1 aromatic heterocycles. The normalized spacial score (nSPS) is 10.8. The number of methoxy groups -OCH3 is 1. The van der Waals surface area contributed by atoms with Crippen LogP contribution in [-0.4, -0.2) is 23.4 Å². The number of rotatable bonds is 7. The summed E-state index contributed by atoms with van der Waals surface area (Å²) < 4.78 is 7.24. The highest BCUT2D eigenvalue weighted by Crippen LogP contribution is 2.14. The van der Waals surface area contributed by atoms with Crippen molar-refractivity contribution >= 4 is 0 Å². The van der Waals surface area contributed by atoms with Gasteiger partial charge >= 0.3 is 0 Å². The molecule has 0 amide bonds. The van der Waals surface area contributed by atoms with E-state index in [-0.39, 0.29) is 0 Å². The number of aryl methyl sites for hydroxylation is 1. The minimum Gasteiger partial charge on any atom is -0.497 e. The zero-order chi connectivity index (χ0) is 14.4. The Balaban J connectivity index is 2.04. The second-order valence-electron chi connectivity index (χ2n) is 4.97. The highest BCUT2D eigenvalue weighted by molar-refractivity contribution is 5.28. The molecule has 0 saturated carbocycles. The fourth-order valence-corrected chi connectivity index (χ4v) is 2.17. The Morgan fingerprint density at radius 3 is 2.95 bits per heavy atom. The van der Waals surface area contributed by atoms with Crippen molar-refractivity contribution in [2.75, 3.05) is 13.7 Å². The van der Waals surface area contributed by atoms with Crippen LogP contribution in [0.3, 0.4) is 0 Å². The Bertz CT molecular complexity index is 548. The lowest BCUT2D eigenvalue weighted by Gasteiger charge is -2.04. The highest BCUT2D eigenvalue weighted by atomic mass is 16.5. The van der Waals surface area contributed by atoms with E-state index in [1.807, 2.05) is 22.9 Å². The van der Waals surface area contributed by atoms with Gasteiger partial charge in [0.15, 0.2) is 0 Å². The highest BCUT2D eigenvalue weighted by Gasteiger charge is 2.05. The third kappa shape index (κ3) is 3.84. The van der Waals surface area contributed by atoms with E-state index >= 15 is 0 Å². The van der Waals surface area contributed by atoms with Gasteiger partial charge in [-0.2, -0.15) is 5.10 Å². The molecule has 0 aliphatic heterocycles.